The third-order valence-corrected chi connectivity index (χ3v) is 5.37. The number of fused-ring (bicyclic) bond motifs is 2. The predicted molar refractivity (Wildman–Crippen MR) is 94.4 cm³/mol. The van der Waals surface area contributed by atoms with Gasteiger partial charge in [-0.1, -0.05) is 26.0 Å². The van der Waals surface area contributed by atoms with E-state index in [2.05, 4.69) is 33.0 Å². The molecule has 24 heavy (non-hydrogen) atoms. The molecule has 1 N–H and O–H groups in total. The zero-order valence-corrected chi connectivity index (χ0v) is 14.5. The number of carbonyl (C=O) groups excluding carboxylic acids is 1. The van der Waals surface area contributed by atoms with Crippen molar-refractivity contribution < 1.29 is 4.79 Å². The van der Waals surface area contributed by atoms with Crippen LogP contribution in [0.4, 0.5) is 5.82 Å². The van der Waals surface area contributed by atoms with Crippen molar-refractivity contribution in [3.05, 3.63) is 35.5 Å². The number of amides is 1. The van der Waals surface area contributed by atoms with Crippen LogP contribution in [0.5, 0.6) is 0 Å². The van der Waals surface area contributed by atoms with E-state index in [1.54, 1.807) is 0 Å². The van der Waals surface area contributed by atoms with Crippen LogP contribution in [-0.2, 0) is 4.79 Å². The monoisotopic (exact) mass is 341 g/mol. The van der Waals surface area contributed by atoms with Crippen molar-refractivity contribution >= 4 is 34.5 Å². The first-order chi connectivity index (χ1) is 11.7. The fraction of sp³-hybridized carbons (Fsp3) is 0.412. The van der Waals surface area contributed by atoms with Gasteiger partial charge in [-0.2, -0.15) is 13.8 Å². The second-order valence-corrected chi connectivity index (χ2v) is 6.68. The molecule has 7 heteroatoms. The smallest absolute Gasteiger partial charge is 0.226 e. The summed E-state index contributed by atoms with van der Waals surface area (Å²) < 4.78 is 10.7. The van der Waals surface area contributed by atoms with Gasteiger partial charge in [0.2, 0.25) is 5.91 Å². The number of carbonyl (C=O) groups is 1. The van der Waals surface area contributed by atoms with Gasteiger partial charge in [0.1, 0.15) is 16.9 Å². The lowest BCUT2D eigenvalue weighted by molar-refractivity contribution is -0.116. The lowest BCUT2D eigenvalue weighted by Crippen LogP contribution is -2.26. The number of aromatic nitrogens is 4. The second kappa shape index (κ2) is 5.98. The minimum atomic E-state index is -0.0236. The third-order valence-electron chi connectivity index (χ3n) is 4.83. The van der Waals surface area contributed by atoms with Crippen molar-refractivity contribution in [2.75, 3.05) is 5.32 Å². The Morgan fingerprint density at radius 1 is 1.29 bits per heavy atom. The summed E-state index contributed by atoms with van der Waals surface area (Å²) in [5.41, 5.74) is 3.91. The number of benzene rings is 1. The molecule has 0 spiro atoms. The van der Waals surface area contributed by atoms with Gasteiger partial charge in [0.15, 0.2) is 0 Å². The molecule has 0 saturated carbocycles. The van der Waals surface area contributed by atoms with E-state index in [4.69, 9.17) is 0 Å². The Balaban J connectivity index is 1.85. The maximum absolute atomic E-state index is 12.3. The number of anilines is 1. The molecule has 1 aromatic carbocycles. The van der Waals surface area contributed by atoms with E-state index >= 15 is 0 Å². The number of nitrogens with one attached hydrogen (secondary N) is 1. The van der Waals surface area contributed by atoms with Crippen LogP contribution in [0.15, 0.2) is 24.4 Å². The molecule has 1 unspecified atom stereocenters. The lowest BCUT2D eigenvalue weighted by atomic mass is 9.86. The molecule has 0 fully saturated rings. The van der Waals surface area contributed by atoms with Crippen LogP contribution in [0.25, 0.3) is 11.0 Å². The van der Waals surface area contributed by atoms with Crippen molar-refractivity contribution in [2.24, 2.45) is 0 Å². The number of nitrogens with zero attached hydrogens (tertiary/aromatic N) is 4. The van der Waals surface area contributed by atoms with Crippen LogP contribution >= 0.6 is 11.7 Å². The van der Waals surface area contributed by atoms with Crippen LogP contribution in [0.3, 0.4) is 0 Å². The van der Waals surface area contributed by atoms with Crippen LogP contribution in [0.2, 0.25) is 0 Å². The van der Waals surface area contributed by atoms with E-state index in [1.807, 2.05) is 29.1 Å². The molecule has 1 aliphatic heterocycles. The Hall–Kier alpha value is -2.28. The van der Waals surface area contributed by atoms with Crippen LogP contribution in [-0.4, -0.2) is 24.4 Å². The normalized spacial score (nSPS) is 17.3. The number of hydrogen-bond donors (Lipinski definition) is 1. The molecule has 1 atom stereocenters. The summed E-state index contributed by atoms with van der Waals surface area (Å²) in [6.07, 6.45) is 4.28. The maximum atomic E-state index is 12.3. The average Bonchev–Trinajstić information content (AvgIpc) is 3.22. The first-order valence-electron chi connectivity index (χ1n) is 8.31. The van der Waals surface area contributed by atoms with Gasteiger partial charge in [-0.3, -0.25) is 4.79 Å². The summed E-state index contributed by atoms with van der Waals surface area (Å²) in [6.45, 7) is 4.29. The van der Waals surface area contributed by atoms with Crippen molar-refractivity contribution in [1.82, 2.24) is 18.5 Å². The first-order valence-corrected chi connectivity index (χ1v) is 9.04. The summed E-state index contributed by atoms with van der Waals surface area (Å²) in [6, 6.07) is 6.28. The molecule has 0 aliphatic carbocycles. The van der Waals surface area contributed by atoms with Gasteiger partial charge in [-0.05, 0) is 24.5 Å². The summed E-state index contributed by atoms with van der Waals surface area (Å²) in [7, 11) is 0. The molecule has 4 rings (SSSR count). The van der Waals surface area contributed by atoms with E-state index in [-0.39, 0.29) is 11.8 Å². The van der Waals surface area contributed by atoms with Gasteiger partial charge in [0, 0.05) is 17.9 Å². The van der Waals surface area contributed by atoms with Crippen molar-refractivity contribution in [2.45, 2.75) is 45.1 Å². The minimum absolute atomic E-state index is 0.0236. The van der Waals surface area contributed by atoms with Crippen molar-refractivity contribution in [3.63, 3.8) is 0 Å². The van der Waals surface area contributed by atoms with E-state index < -0.39 is 0 Å². The zero-order chi connectivity index (χ0) is 16.7. The molecule has 3 aromatic rings. The van der Waals surface area contributed by atoms with Gasteiger partial charge < -0.3 is 5.32 Å². The standard InChI is InChI=1S/C17H19N5OS/c1-3-10(4-2)22-17-13(9-18-22)12(8-15(23)19-17)11-6-5-7-14-16(11)21-24-20-14/h5-7,9-10,12H,3-4,8H2,1-2H3,(H,19,23). The maximum Gasteiger partial charge on any atom is 0.226 e. The molecule has 0 saturated heterocycles. The molecule has 1 amide bonds. The third kappa shape index (κ3) is 2.31. The Kier molecular flexibility index (Phi) is 3.80. The number of rotatable bonds is 4. The van der Waals surface area contributed by atoms with Crippen molar-refractivity contribution in [3.8, 4) is 0 Å². The van der Waals surface area contributed by atoms with Crippen LogP contribution in [0.1, 0.15) is 56.2 Å². The van der Waals surface area contributed by atoms with Crippen molar-refractivity contribution in [1.29, 1.82) is 0 Å². The van der Waals surface area contributed by atoms with Gasteiger partial charge >= 0.3 is 0 Å². The molecule has 0 bridgehead atoms. The second-order valence-electron chi connectivity index (χ2n) is 6.15. The van der Waals surface area contributed by atoms with Crippen LogP contribution < -0.4 is 5.32 Å². The molecule has 2 aromatic heterocycles. The van der Waals surface area contributed by atoms with Gasteiger partial charge in [0.25, 0.3) is 0 Å². The highest BCUT2D eigenvalue weighted by atomic mass is 32.1. The highest BCUT2D eigenvalue weighted by Gasteiger charge is 2.32. The molecule has 3 heterocycles. The number of hydrogen-bond acceptors (Lipinski definition) is 5. The fourth-order valence-electron chi connectivity index (χ4n) is 3.54. The Bertz CT molecular complexity index is 895. The summed E-state index contributed by atoms with van der Waals surface area (Å²) in [4.78, 5) is 12.3. The predicted octanol–water partition coefficient (Wildman–Crippen LogP) is 3.72. The van der Waals surface area contributed by atoms with Gasteiger partial charge in [0.05, 0.1) is 24.0 Å². The average molecular weight is 341 g/mol. The molecule has 1 aliphatic rings. The van der Waals surface area contributed by atoms with E-state index in [9.17, 15) is 4.79 Å². The quantitative estimate of drug-likeness (QED) is 0.785. The molecular weight excluding hydrogens is 322 g/mol. The van der Waals surface area contributed by atoms with Gasteiger partial charge in [-0.15, -0.1) is 0 Å². The highest BCUT2D eigenvalue weighted by Crippen LogP contribution is 2.40. The molecule has 124 valence electrons. The first kappa shape index (κ1) is 15.3. The van der Waals surface area contributed by atoms with Gasteiger partial charge in [-0.25, -0.2) is 4.68 Å². The largest absolute Gasteiger partial charge is 0.311 e. The Morgan fingerprint density at radius 3 is 2.92 bits per heavy atom. The zero-order valence-electron chi connectivity index (χ0n) is 13.7. The minimum Gasteiger partial charge on any atom is -0.311 e. The lowest BCUT2D eigenvalue weighted by Gasteiger charge is -2.25. The van der Waals surface area contributed by atoms with E-state index in [0.29, 0.717) is 12.5 Å². The topological polar surface area (TPSA) is 72.7 Å². The Morgan fingerprint density at radius 2 is 2.12 bits per heavy atom. The SMILES string of the molecule is CCC(CC)n1ncc2c1NC(=O)CC2c1cccc2nsnc12. The summed E-state index contributed by atoms with van der Waals surface area (Å²) in [5, 5.41) is 7.61. The molecule has 6 nitrogen and oxygen atoms in total. The van der Waals surface area contributed by atoms with E-state index in [1.165, 1.54) is 11.7 Å². The summed E-state index contributed by atoms with van der Waals surface area (Å²) in [5.74, 6) is 0.843. The highest BCUT2D eigenvalue weighted by molar-refractivity contribution is 7.00. The fourth-order valence-corrected chi connectivity index (χ4v) is 4.09. The van der Waals surface area contributed by atoms with Crippen LogP contribution in [0, 0.1) is 0 Å². The van der Waals surface area contributed by atoms with E-state index in [0.717, 1.165) is 40.8 Å². The summed E-state index contributed by atoms with van der Waals surface area (Å²) >= 11 is 1.21. The molecule has 0 radical (unpaired) electrons. The molecular formula is C17H19N5OS. The Labute approximate surface area is 144 Å².